The van der Waals surface area contributed by atoms with Gasteiger partial charge in [0, 0.05) is 18.9 Å². The molecule has 0 fully saturated rings. The van der Waals surface area contributed by atoms with Gasteiger partial charge in [-0.3, -0.25) is 9.59 Å². The molecule has 1 aliphatic carbocycles. The fourth-order valence-electron chi connectivity index (χ4n) is 4.16. The molecule has 0 bridgehead atoms. The van der Waals surface area contributed by atoms with Gasteiger partial charge in [-0.05, 0) is 28.2 Å². The van der Waals surface area contributed by atoms with Gasteiger partial charge in [0.15, 0.2) is 0 Å². The number of rotatable bonds is 11. The van der Waals surface area contributed by atoms with Crippen LogP contribution in [-0.4, -0.2) is 48.7 Å². The van der Waals surface area contributed by atoms with Gasteiger partial charge in [0.05, 0.1) is 6.42 Å². The molecule has 3 N–H and O–H groups in total. The quantitative estimate of drug-likeness (QED) is 0.454. The Morgan fingerprint density at radius 3 is 2.12 bits per heavy atom. The zero-order valence-corrected chi connectivity index (χ0v) is 18.8. The molecule has 1 aliphatic rings. The maximum atomic E-state index is 12.9. The summed E-state index contributed by atoms with van der Waals surface area (Å²) in [6, 6.07) is 14.2. The molecule has 9 heteroatoms. The zero-order valence-electron chi connectivity index (χ0n) is 18.8. The number of amides is 2. The highest BCUT2D eigenvalue weighted by molar-refractivity contribution is 5.79. The first-order valence-electron chi connectivity index (χ1n) is 11.2. The van der Waals surface area contributed by atoms with E-state index < -0.39 is 36.9 Å². The predicted octanol–water partition coefficient (Wildman–Crippen LogP) is 4.17. The summed E-state index contributed by atoms with van der Waals surface area (Å²) in [7, 11) is 0. The molecule has 0 saturated carbocycles. The molecular weight excluding hydrogens is 446 g/mol. The summed E-state index contributed by atoms with van der Waals surface area (Å²) < 4.78 is 31.3. The highest BCUT2D eigenvalue weighted by atomic mass is 19.3. The second kappa shape index (κ2) is 11.6. The van der Waals surface area contributed by atoms with Crippen molar-refractivity contribution in [1.29, 1.82) is 0 Å². The topological polar surface area (TPSA) is 105 Å². The van der Waals surface area contributed by atoms with Crippen LogP contribution in [-0.2, 0) is 14.3 Å². The summed E-state index contributed by atoms with van der Waals surface area (Å²) in [6.07, 6.45) is -4.09. The summed E-state index contributed by atoms with van der Waals surface area (Å²) in [6.45, 7) is 2.08. The molecule has 3 rings (SSSR count). The van der Waals surface area contributed by atoms with Crippen molar-refractivity contribution in [3.05, 3.63) is 59.7 Å². The first-order valence-corrected chi connectivity index (χ1v) is 11.2. The standard InChI is InChI=1S/C25H28F2N2O5/c1-2-15(11-22(30)29-21(24(26)27)12-23(31)32)13-28-25(33)34-14-20-18-9-5-3-7-16(18)17-8-4-6-10-19(17)20/h3-10,15,20-21,24H,2,11-14H2,1H3,(H,28,33)(H,29,30)(H,31,32). The van der Waals surface area contributed by atoms with E-state index in [0.717, 1.165) is 22.3 Å². The lowest BCUT2D eigenvalue weighted by Crippen LogP contribution is -2.42. The highest BCUT2D eigenvalue weighted by Gasteiger charge is 2.29. The molecule has 34 heavy (non-hydrogen) atoms. The molecule has 7 nitrogen and oxygen atoms in total. The highest BCUT2D eigenvalue weighted by Crippen LogP contribution is 2.44. The van der Waals surface area contributed by atoms with Crippen molar-refractivity contribution in [2.45, 2.75) is 44.6 Å². The van der Waals surface area contributed by atoms with Crippen LogP contribution in [0.3, 0.4) is 0 Å². The number of aliphatic carboxylic acids is 1. The molecule has 0 radical (unpaired) electrons. The SMILES string of the molecule is CCC(CNC(=O)OCC1c2ccccc2-c2ccccc21)CC(=O)NC(CC(=O)O)C(F)F. The smallest absolute Gasteiger partial charge is 0.407 e. The van der Waals surface area contributed by atoms with Crippen molar-refractivity contribution in [1.82, 2.24) is 10.6 Å². The average molecular weight is 475 g/mol. The van der Waals surface area contributed by atoms with Crippen molar-refractivity contribution >= 4 is 18.0 Å². The third-order valence-corrected chi connectivity index (χ3v) is 5.98. The lowest BCUT2D eigenvalue weighted by molar-refractivity contribution is -0.139. The Labute approximate surface area is 196 Å². The van der Waals surface area contributed by atoms with E-state index in [4.69, 9.17) is 9.84 Å². The van der Waals surface area contributed by atoms with E-state index in [2.05, 4.69) is 10.6 Å². The number of carbonyl (C=O) groups excluding carboxylic acids is 2. The number of hydrogen-bond donors (Lipinski definition) is 3. The summed E-state index contributed by atoms with van der Waals surface area (Å²) in [4.78, 5) is 35.1. The Morgan fingerprint density at radius 1 is 1.00 bits per heavy atom. The van der Waals surface area contributed by atoms with Gasteiger partial charge in [-0.25, -0.2) is 13.6 Å². The number of ether oxygens (including phenoxy) is 1. The maximum Gasteiger partial charge on any atom is 0.407 e. The minimum absolute atomic E-state index is 0.0774. The van der Waals surface area contributed by atoms with Crippen molar-refractivity contribution in [2.75, 3.05) is 13.2 Å². The number of fused-ring (bicyclic) bond motifs is 3. The van der Waals surface area contributed by atoms with Crippen molar-refractivity contribution < 1.29 is 33.0 Å². The van der Waals surface area contributed by atoms with E-state index in [-0.39, 0.29) is 31.4 Å². The van der Waals surface area contributed by atoms with Crippen LogP contribution in [0.1, 0.15) is 43.2 Å². The molecule has 182 valence electrons. The second-order valence-electron chi connectivity index (χ2n) is 8.29. The number of halogens is 2. The Hall–Kier alpha value is -3.49. The van der Waals surface area contributed by atoms with Crippen LogP contribution >= 0.6 is 0 Å². The monoisotopic (exact) mass is 474 g/mol. The van der Waals surface area contributed by atoms with Gasteiger partial charge in [0.2, 0.25) is 5.91 Å². The van der Waals surface area contributed by atoms with E-state index in [1.165, 1.54) is 0 Å². The first kappa shape index (κ1) is 25.1. The van der Waals surface area contributed by atoms with Crippen LogP contribution in [0.2, 0.25) is 0 Å². The van der Waals surface area contributed by atoms with Crippen LogP contribution < -0.4 is 10.6 Å². The van der Waals surface area contributed by atoms with Crippen LogP contribution in [0.15, 0.2) is 48.5 Å². The first-order chi connectivity index (χ1) is 16.3. The van der Waals surface area contributed by atoms with Crippen molar-refractivity contribution in [2.24, 2.45) is 5.92 Å². The zero-order chi connectivity index (χ0) is 24.7. The third-order valence-electron chi connectivity index (χ3n) is 5.98. The van der Waals surface area contributed by atoms with E-state index in [9.17, 15) is 23.2 Å². The van der Waals surface area contributed by atoms with Gasteiger partial charge in [-0.15, -0.1) is 0 Å². The van der Waals surface area contributed by atoms with Crippen LogP contribution in [0.25, 0.3) is 11.1 Å². The molecular formula is C25H28F2N2O5. The van der Waals surface area contributed by atoms with Gasteiger partial charge in [-0.2, -0.15) is 0 Å². The minimum Gasteiger partial charge on any atom is -0.481 e. The summed E-state index contributed by atoms with van der Waals surface area (Å²) in [5.74, 6) is -2.50. The normalized spacial score (nSPS) is 14.1. The number of alkyl halides is 2. The summed E-state index contributed by atoms with van der Waals surface area (Å²) in [5, 5.41) is 13.4. The molecule has 2 atom stereocenters. The van der Waals surface area contributed by atoms with E-state index in [1.807, 2.05) is 48.5 Å². The van der Waals surface area contributed by atoms with E-state index >= 15 is 0 Å². The molecule has 0 heterocycles. The Bertz CT molecular complexity index is 984. The number of carboxylic acid groups (broad SMARTS) is 1. The largest absolute Gasteiger partial charge is 0.481 e. The molecule has 0 saturated heterocycles. The van der Waals surface area contributed by atoms with Gasteiger partial charge in [0.25, 0.3) is 6.43 Å². The number of carboxylic acids is 1. The summed E-state index contributed by atoms with van der Waals surface area (Å²) >= 11 is 0. The average Bonchev–Trinajstić information content (AvgIpc) is 3.13. The van der Waals surface area contributed by atoms with E-state index in [0.29, 0.717) is 6.42 Å². The minimum atomic E-state index is -2.99. The van der Waals surface area contributed by atoms with Crippen molar-refractivity contribution in [3.63, 3.8) is 0 Å². The molecule has 0 aliphatic heterocycles. The Morgan fingerprint density at radius 2 is 1.59 bits per heavy atom. The molecule has 0 spiro atoms. The van der Waals surface area contributed by atoms with Gasteiger partial charge in [0.1, 0.15) is 12.6 Å². The third kappa shape index (κ3) is 6.30. The Balaban J connectivity index is 1.50. The lowest BCUT2D eigenvalue weighted by Gasteiger charge is -2.20. The van der Waals surface area contributed by atoms with Crippen molar-refractivity contribution in [3.8, 4) is 11.1 Å². The second-order valence-corrected chi connectivity index (χ2v) is 8.29. The predicted molar refractivity (Wildman–Crippen MR) is 122 cm³/mol. The molecule has 0 aromatic heterocycles. The Kier molecular flexibility index (Phi) is 8.56. The number of benzene rings is 2. The molecule has 2 aromatic rings. The van der Waals surface area contributed by atoms with Crippen LogP contribution in [0.4, 0.5) is 13.6 Å². The lowest BCUT2D eigenvalue weighted by atomic mass is 9.98. The number of nitrogens with one attached hydrogen (secondary N) is 2. The fourth-order valence-corrected chi connectivity index (χ4v) is 4.16. The summed E-state index contributed by atoms with van der Waals surface area (Å²) in [5.41, 5.74) is 4.42. The molecule has 2 amide bonds. The maximum absolute atomic E-state index is 12.9. The van der Waals surface area contributed by atoms with Gasteiger partial charge in [-0.1, -0.05) is 61.9 Å². The molecule has 2 unspecified atom stereocenters. The van der Waals surface area contributed by atoms with Gasteiger partial charge < -0.3 is 20.5 Å². The fraction of sp³-hybridized carbons (Fsp3) is 0.400. The van der Waals surface area contributed by atoms with Crippen LogP contribution in [0, 0.1) is 5.92 Å². The molecule has 2 aromatic carbocycles. The number of hydrogen-bond acceptors (Lipinski definition) is 4. The van der Waals surface area contributed by atoms with Gasteiger partial charge >= 0.3 is 12.1 Å². The number of carbonyl (C=O) groups is 3. The number of alkyl carbamates (subject to hydrolysis) is 1. The van der Waals surface area contributed by atoms with Crippen LogP contribution in [0.5, 0.6) is 0 Å². The van der Waals surface area contributed by atoms with E-state index in [1.54, 1.807) is 6.92 Å².